The van der Waals surface area contributed by atoms with Gasteiger partial charge in [0.15, 0.2) is 9.84 Å². The highest BCUT2D eigenvalue weighted by Crippen LogP contribution is 2.32. The average molecular weight is 416 g/mol. The Balaban J connectivity index is 1.83. The summed E-state index contributed by atoms with van der Waals surface area (Å²) in [4.78, 5) is 13.9. The molecule has 0 N–H and O–H groups in total. The van der Waals surface area contributed by atoms with Crippen molar-refractivity contribution in [1.29, 1.82) is 0 Å². The van der Waals surface area contributed by atoms with Crippen molar-refractivity contribution in [1.82, 2.24) is 4.90 Å². The molecule has 2 heterocycles. The zero-order valence-corrected chi connectivity index (χ0v) is 16.6. The van der Waals surface area contributed by atoms with Crippen LogP contribution >= 0.6 is 23.2 Å². The second-order valence-electron chi connectivity index (χ2n) is 6.32. The Labute approximate surface area is 162 Å². The quantitative estimate of drug-likeness (QED) is 0.734. The van der Waals surface area contributed by atoms with E-state index in [-0.39, 0.29) is 30.0 Å². The predicted octanol–water partition coefficient (Wildman–Crippen LogP) is 4.18. The Hall–Kier alpha value is -1.50. The third kappa shape index (κ3) is 4.24. The zero-order valence-electron chi connectivity index (χ0n) is 14.2. The first-order valence-electron chi connectivity index (χ1n) is 8.33. The fourth-order valence-corrected chi connectivity index (χ4v) is 5.22. The number of sulfone groups is 1. The molecule has 1 saturated heterocycles. The van der Waals surface area contributed by atoms with Gasteiger partial charge in [-0.2, -0.15) is 0 Å². The third-order valence-corrected chi connectivity index (χ3v) is 6.77. The van der Waals surface area contributed by atoms with Gasteiger partial charge in [0.05, 0.1) is 23.1 Å². The largest absolute Gasteiger partial charge is 0.459 e. The average Bonchev–Trinajstić information content (AvgIpc) is 3.20. The highest BCUT2D eigenvalue weighted by molar-refractivity contribution is 7.91. The smallest absolute Gasteiger partial charge is 0.222 e. The van der Waals surface area contributed by atoms with Crippen molar-refractivity contribution in [3.8, 4) is 11.3 Å². The molecule has 1 aliphatic heterocycles. The van der Waals surface area contributed by atoms with Gasteiger partial charge in [0, 0.05) is 23.0 Å². The number of benzene rings is 1. The third-order valence-electron chi connectivity index (χ3n) is 4.45. The first kappa shape index (κ1) is 19.3. The maximum absolute atomic E-state index is 12.3. The molecule has 1 atom stereocenters. The van der Waals surface area contributed by atoms with E-state index in [1.807, 2.05) is 0 Å². The molecule has 0 aliphatic carbocycles. The van der Waals surface area contributed by atoms with Crippen LogP contribution in [0.15, 0.2) is 34.7 Å². The molecule has 1 aliphatic rings. The van der Waals surface area contributed by atoms with Crippen molar-refractivity contribution in [2.75, 3.05) is 11.5 Å². The number of rotatable bonds is 5. The lowest BCUT2D eigenvalue weighted by Crippen LogP contribution is -2.40. The van der Waals surface area contributed by atoms with Crippen LogP contribution in [0.3, 0.4) is 0 Å². The van der Waals surface area contributed by atoms with Crippen LogP contribution < -0.4 is 0 Å². The van der Waals surface area contributed by atoms with Crippen LogP contribution in [0.2, 0.25) is 10.0 Å². The van der Waals surface area contributed by atoms with E-state index < -0.39 is 9.84 Å². The van der Waals surface area contributed by atoms with Crippen LogP contribution in [0.5, 0.6) is 0 Å². The predicted molar refractivity (Wildman–Crippen MR) is 102 cm³/mol. The van der Waals surface area contributed by atoms with Gasteiger partial charge in [-0.1, -0.05) is 30.1 Å². The van der Waals surface area contributed by atoms with Crippen molar-refractivity contribution in [3.63, 3.8) is 0 Å². The summed E-state index contributed by atoms with van der Waals surface area (Å²) < 4.78 is 29.4. The second-order valence-corrected chi connectivity index (χ2v) is 9.39. The van der Waals surface area contributed by atoms with Gasteiger partial charge in [-0.15, -0.1) is 0 Å². The monoisotopic (exact) mass is 415 g/mol. The van der Waals surface area contributed by atoms with Gasteiger partial charge >= 0.3 is 0 Å². The number of amides is 1. The SMILES string of the molecule is CCC(=O)N(Cc1ccc(-c2cc(Cl)ccc2Cl)o1)[C@@H]1CCS(=O)(=O)C1. The molecular weight excluding hydrogens is 397 g/mol. The molecule has 1 amide bonds. The molecule has 0 bridgehead atoms. The molecule has 1 fully saturated rings. The zero-order chi connectivity index (χ0) is 18.9. The summed E-state index contributed by atoms with van der Waals surface area (Å²) in [6, 6.07) is 8.33. The van der Waals surface area contributed by atoms with Crippen molar-refractivity contribution in [3.05, 3.63) is 46.1 Å². The van der Waals surface area contributed by atoms with E-state index in [0.29, 0.717) is 40.0 Å². The van der Waals surface area contributed by atoms with Gasteiger partial charge in [-0.3, -0.25) is 4.79 Å². The molecule has 5 nitrogen and oxygen atoms in total. The van der Waals surface area contributed by atoms with Crippen LogP contribution in [0.1, 0.15) is 25.5 Å². The summed E-state index contributed by atoms with van der Waals surface area (Å²) in [6.45, 7) is 1.99. The lowest BCUT2D eigenvalue weighted by atomic mass is 10.2. The van der Waals surface area contributed by atoms with Crippen LogP contribution in [-0.4, -0.2) is 36.8 Å². The minimum absolute atomic E-state index is 0.00638. The molecule has 0 radical (unpaired) electrons. The molecule has 3 rings (SSSR count). The minimum Gasteiger partial charge on any atom is -0.459 e. The Morgan fingerprint density at radius 2 is 2.04 bits per heavy atom. The summed E-state index contributed by atoms with van der Waals surface area (Å²) in [6.07, 6.45) is 0.770. The molecular formula is C18H19Cl2NO4S. The van der Waals surface area contributed by atoms with Gasteiger partial charge in [-0.25, -0.2) is 8.42 Å². The van der Waals surface area contributed by atoms with E-state index in [0.717, 1.165) is 0 Å². The Bertz CT molecular complexity index is 923. The van der Waals surface area contributed by atoms with Gasteiger partial charge in [0.2, 0.25) is 5.91 Å². The van der Waals surface area contributed by atoms with Crippen molar-refractivity contribution in [2.24, 2.45) is 0 Å². The highest BCUT2D eigenvalue weighted by Gasteiger charge is 2.34. The summed E-state index contributed by atoms with van der Waals surface area (Å²) in [5.74, 6) is 1.16. The topological polar surface area (TPSA) is 67.6 Å². The number of carbonyl (C=O) groups excluding carboxylic acids is 1. The minimum atomic E-state index is -3.08. The van der Waals surface area contributed by atoms with Crippen LogP contribution in [0.25, 0.3) is 11.3 Å². The molecule has 1 aromatic carbocycles. The molecule has 2 aromatic rings. The van der Waals surface area contributed by atoms with Gasteiger partial charge < -0.3 is 9.32 Å². The summed E-state index contributed by atoms with van der Waals surface area (Å²) >= 11 is 12.2. The van der Waals surface area contributed by atoms with E-state index in [4.69, 9.17) is 27.6 Å². The Kier molecular flexibility index (Phi) is 5.65. The first-order chi connectivity index (χ1) is 12.3. The van der Waals surface area contributed by atoms with Crippen LogP contribution in [0.4, 0.5) is 0 Å². The maximum Gasteiger partial charge on any atom is 0.222 e. The van der Waals surface area contributed by atoms with Gasteiger partial charge in [-0.05, 0) is 36.8 Å². The van der Waals surface area contributed by atoms with Crippen molar-refractivity contribution < 1.29 is 17.6 Å². The Morgan fingerprint density at radius 3 is 2.69 bits per heavy atom. The molecule has 26 heavy (non-hydrogen) atoms. The number of halogens is 2. The number of carbonyl (C=O) groups is 1. The normalized spacial score (nSPS) is 18.8. The molecule has 0 spiro atoms. The van der Waals surface area contributed by atoms with Gasteiger partial charge in [0.25, 0.3) is 0 Å². The van der Waals surface area contributed by atoms with E-state index in [9.17, 15) is 13.2 Å². The fraction of sp³-hybridized carbons (Fsp3) is 0.389. The second kappa shape index (κ2) is 7.62. The number of hydrogen-bond acceptors (Lipinski definition) is 4. The van der Waals surface area contributed by atoms with E-state index in [1.165, 1.54) is 0 Å². The molecule has 140 valence electrons. The van der Waals surface area contributed by atoms with Crippen molar-refractivity contribution in [2.45, 2.75) is 32.4 Å². The molecule has 0 saturated carbocycles. The van der Waals surface area contributed by atoms with E-state index >= 15 is 0 Å². The molecule has 1 aromatic heterocycles. The maximum atomic E-state index is 12.3. The van der Waals surface area contributed by atoms with E-state index in [2.05, 4.69) is 0 Å². The van der Waals surface area contributed by atoms with E-state index in [1.54, 1.807) is 42.2 Å². The van der Waals surface area contributed by atoms with Crippen molar-refractivity contribution >= 4 is 38.9 Å². The Morgan fingerprint density at radius 1 is 1.27 bits per heavy atom. The number of furan rings is 1. The highest BCUT2D eigenvalue weighted by atomic mass is 35.5. The summed E-state index contributed by atoms with van der Waals surface area (Å²) in [7, 11) is -3.08. The lowest BCUT2D eigenvalue weighted by molar-refractivity contribution is -0.133. The summed E-state index contributed by atoms with van der Waals surface area (Å²) in [5, 5.41) is 1.06. The standard InChI is InChI=1S/C18H19Cl2NO4S/c1-2-18(22)21(13-7-8-26(23,24)11-13)10-14-4-6-17(25-14)15-9-12(19)3-5-16(15)20/h3-6,9,13H,2,7-8,10-11H2,1H3/t13-/m1/s1. The summed E-state index contributed by atoms with van der Waals surface area (Å²) in [5.41, 5.74) is 0.669. The first-order valence-corrected chi connectivity index (χ1v) is 10.9. The number of nitrogens with zero attached hydrogens (tertiary/aromatic N) is 1. The molecule has 0 unspecified atom stereocenters. The molecule has 8 heteroatoms. The van der Waals surface area contributed by atoms with Crippen LogP contribution in [-0.2, 0) is 21.2 Å². The number of hydrogen-bond donors (Lipinski definition) is 0. The van der Waals surface area contributed by atoms with Gasteiger partial charge in [0.1, 0.15) is 11.5 Å². The fourth-order valence-electron chi connectivity index (χ4n) is 3.11. The lowest BCUT2D eigenvalue weighted by Gasteiger charge is -2.27. The van der Waals surface area contributed by atoms with Crippen LogP contribution in [0, 0.1) is 0 Å².